The van der Waals surface area contributed by atoms with E-state index in [1.807, 2.05) is 41.0 Å². The molecule has 0 saturated carbocycles. The van der Waals surface area contributed by atoms with Gasteiger partial charge in [-0.3, -0.25) is 14.5 Å². The van der Waals surface area contributed by atoms with Crippen LogP contribution in [0.2, 0.25) is 0 Å². The Kier molecular flexibility index (Phi) is 6.27. The number of nitrogens with zero attached hydrogens (tertiary/aromatic N) is 3. The Morgan fingerprint density at radius 2 is 1.96 bits per heavy atom. The topological polar surface area (TPSA) is 53.1 Å². The van der Waals surface area contributed by atoms with Gasteiger partial charge in [0.15, 0.2) is 0 Å². The average molecular weight is 359 g/mol. The van der Waals surface area contributed by atoms with Gasteiger partial charge in [-0.2, -0.15) is 0 Å². The fraction of sp³-hybridized carbons (Fsp3) is 0.600. The van der Waals surface area contributed by atoms with E-state index in [0.717, 1.165) is 50.1 Å². The average Bonchev–Trinajstić information content (AvgIpc) is 2.85. The Morgan fingerprint density at radius 3 is 2.73 bits per heavy atom. The monoisotopic (exact) mass is 359 g/mol. The van der Waals surface area contributed by atoms with Gasteiger partial charge < -0.3 is 14.5 Å². The normalized spacial score (nSPS) is 21.9. The number of methoxy groups -OCH3 is 1. The highest BCUT2D eigenvalue weighted by Crippen LogP contribution is 2.20. The Balaban J connectivity index is 1.59. The first-order valence-electron chi connectivity index (χ1n) is 9.48. The van der Waals surface area contributed by atoms with Crippen LogP contribution in [0.25, 0.3) is 0 Å². The quantitative estimate of drug-likeness (QED) is 0.797. The summed E-state index contributed by atoms with van der Waals surface area (Å²) in [5, 5.41) is 0. The maximum atomic E-state index is 12.9. The molecule has 0 N–H and O–H groups in total. The molecule has 2 fully saturated rings. The van der Waals surface area contributed by atoms with E-state index in [0.29, 0.717) is 19.7 Å². The minimum Gasteiger partial charge on any atom is -0.383 e. The lowest BCUT2D eigenvalue weighted by Crippen LogP contribution is -2.44. The largest absolute Gasteiger partial charge is 0.383 e. The number of aryl methyl sites for hydroxylation is 1. The van der Waals surface area contributed by atoms with Crippen LogP contribution in [0.3, 0.4) is 0 Å². The number of hydrogen-bond acceptors (Lipinski definition) is 4. The molecule has 2 aliphatic rings. The van der Waals surface area contributed by atoms with Crippen molar-refractivity contribution in [1.29, 1.82) is 0 Å². The van der Waals surface area contributed by atoms with Crippen LogP contribution in [-0.4, -0.2) is 85.5 Å². The molecule has 0 radical (unpaired) electrons. The summed E-state index contributed by atoms with van der Waals surface area (Å²) in [6, 6.07) is 7.70. The van der Waals surface area contributed by atoms with Crippen LogP contribution in [-0.2, 0) is 9.53 Å². The van der Waals surface area contributed by atoms with Gasteiger partial charge in [-0.05, 0) is 31.4 Å². The molecule has 0 bridgehead atoms. The zero-order valence-electron chi connectivity index (χ0n) is 15.8. The van der Waals surface area contributed by atoms with Crippen molar-refractivity contribution < 1.29 is 14.3 Å². The molecule has 6 heteroatoms. The molecule has 3 rings (SSSR count). The minimum atomic E-state index is -0.0413. The molecule has 2 saturated heterocycles. The van der Waals surface area contributed by atoms with Gasteiger partial charge >= 0.3 is 0 Å². The molecule has 2 aliphatic heterocycles. The number of rotatable bonds is 5. The van der Waals surface area contributed by atoms with Crippen molar-refractivity contribution in [1.82, 2.24) is 14.7 Å². The molecule has 1 aromatic carbocycles. The second-order valence-corrected chi connectivity index (χ2v) is 7.12. The van der Waals surface area contributed by atoms with E-state index >= 15 is 0 Å². The summed E-state index contributed by atoms with van der Waals surface area (Å²) < 4.78 is 5.09. The van der Waals surface area contributed by atoms with E-state index in [4.69, 9.17) is 4.74 Å². The van der Waals surface area contributed by atoms with E-state index in [1.54, 1.807) is 7.11 Å². The van der Waals surface area contributed by atoms with Crippen molar-refractivity contribution in [3.05, 3.63) is 35.4 Å². The van der Waals surface area contributed by atoms with Crippen LogP contribution < -0.4 is 0 Å². The number of carbonyl (C=O) groups excluding carboxylic acids is 2. The van der Waals surface area contributed by atoms with Crippen LogP contribution in [0.15, 0.2) is 24.3 Å². The lowest BCUT2D eigenvalue weighted by atomic mass is 10.1. The molecule has 0 unspecified atom stereocenters. The molecular formula is C20H29N3O3. The van der Waals surface area contributed by atoms with Gasteiger partial charge in [0, 0.05) is 51.9 Å². The SMILES string of the molecule is COCCN1CC[C@H](N2CCCN(C(=O)c3ccccc3C)CC2)C1=O. The third-order valence-electron chi connectivity index (χ3n) is 5.47. The molecule has 1 atom stereocenters. The van der Waals surface area contributed by atoms with Crippen LogP contribution in [0.4, 0.5) is 0 Å². The lowest BCUT2D eigenvalue weighted by molar-refractivity contribution is -0.132. The maximum absolute atomic E-state index is 12.9. The van der Waals surface area contributed by atoms with E-state index < -0.39 is 0 Å². The second kappa shape index (κ2) is 8.64. The molecule has 26 heavy (non-hydrogen) atoms. The lowest BCUT2D eigenvalue weighted by Gasteiger charge is -2.26. The van der Waals surface area contributed by atoms with Crippen LogP contribution in [0, 0.1) is 6.92 Å². The van der Waals surface area contributed by atoms with Gasteiger partial charge in [-0.15, -0.1) is 0 Å². The molecular weight excluding hydrogens is 330 g/mol. The van der Waals surface area contributed by atoms with E-state index in [9.17, 15) is 9.59 Å². The summed E-state index contributed by atoms with van der Waals surface area (Å²) in [5.41, 5.74) is 1.79. The highest BCUT2D eigenvalue weighted by atomic mass is 16.5. The number of carbonyl (C=O) groups is 2. The van der Waals surface area contributed by atoms with Gasteiger partial charge in [0.1, 0.15) is 0 Å². The Hall–Kier alpha value is -1.92. The Morgan fingerprint density at radius 1 is 1.15 bits per heavy atom. The number of amides is 2. The fourth-order valence-corrected chi connectivity index (χ4v) is 3.92. The predicted molar refractivity (Wildman–Crippen MR) is 100 cm³/mol. The number of ether oxygens (including phenoxy) is 1. The van der Waals surface area contributed by atoms with E-state index in [-0.39, 0.29) is 17.9 Å². The zero-order valence-corrected chi connectivity index (χ0v) is 15.8. The van der Waals surface area contributed by atoms with E-state index in [1.165, 1.54) is 0 Å². The second-order valence-electron chi connectivity index (χ2n) is 7.12. The summed E-state index contributed by atoms with van der Waals surface area (Å²) in [6.45, 7) is 7.07. The number of benzene rings is 1. The summed E-state index contributed by atoms with van der Waals surface area (Å²) in [5.74, 6) is 0.310. The summed E-state index contributed by atoms with van der Waals surface area (Å²) in [4.78, 5) is 31.6. The first-order chi connectivity index (χ1) is 12.6. The van der Waals surface area contributed by atoms with Crippen LogP contribution >= 0.6 is 0 Å². The molecule has 1 aromatic rings. The minimum absolute atomic E-state index is 0.0413. The van der Waals surface area contributed by atoms with Crippen molar-refractivity contribution in [3.63, 3.8) is 0 Å². The van der Waals surface area contributed by atoms with Gasteiger partial charge in [-0.1, -0.05) is 18.2 Å². The summed E-state index contributed by atoms with van der Waals surface area (Å²) >= 11 is 0. The summed E-state index contributed by atoms with van der Waals surface area (Å²) in [7, 11) is 1.66. The van der Waals surface area contributed by atoms with Crippen LogP contribution in [0.5, 0.6) is 0 Å². The maximum Gasteiger partial charge on any atom is 0.254 e. The first-order valence-corrected chi connectivity index (χ1v) is 9.48. The van der Waals surface area contributed by atoms with E-state index in [2.05, 4.69) is 4.90 Å². The van der Waals surface area contributed by atoms with Gasteiger partial charge in [-0.25, -0.2) is 0 Å². The molecule has 6 nitrogen and oxygen atoms in total. The smallest absolute Gasteiger partial charge is 0.254 e. The van der Waals surface area contributed by atoms with Crippen molar-refractivity contribution >= 4 is 11.8 Å². The van der Waals surface area contributed by atoms with Gasteiger partial charge in [0.2, 0.25) is 5.91 Å². The number of hydrogen-bond donors (Lipinski definition) is 0. The molecule has 2 heterocycles. The molecule has 0 aromatic heterocycles. The predicted octanol–water partition coefficient (Wildman–Crippen LogP) is 1.39. The third-order valence-corrected chi connectivity index (χ3v) is 5.47. The molecule has 0 spiro atoms. The zero-order chi connectivity index (χ0) is 18.5. The molecule has 142 valence electrons. The first kappa shape index (κ1) is 18.9. The van der Waals surface area contributed by atoms with Crippen molar-refractivity contribution in [2.75, 3.05) is 53.0 Å². The third kappa shape index (κ3) is 4.07. The van der Waals surface area contributed by atoms with Crippen molar-refractivity contribution in [3.8, 4) is 0 Å². The number of likely N-dealkylation sites (tertiary alicyclic amines) is 1. The van der Waals surface area contributed by atoms with Gasteiger partial charge in [0.25, 0.3) is 5.91 Å². The van der Waals surface area contributed by atoms with Crippen molar-refractivity contribution in [2.24, 2.45) is 0 Å². The fourth-order valence-electron chi connectivity index (χ4n) is 3.92. The summed E-state index contributed by atoms with van der Waals surface area (Å²) in [6.07, 6.45) is 1.77. The van der Waals surface area contributed by atoms with Crippen LogP contribution in [0.1, 0.15) is 28.8 Å². The highest BCUT2D eigenvalue weighted by molar-refractivity contribution is 5.95. The Labute approximate surface area is 155 Å². The van der Waals surface area contributed by atoms with Crippen molar-refractivity contribution in [2.45, 2.75) is 25.8 Å². The van der Waals surface area contributed by atoms with Gasteiger partial charge in [0.05, 0.1) is 12.6 Å². The molecule has 0 aliphatic carbocycles. The highest BCUT2D eigenvalue weighted by Gasteiger charge is 2.36. The molecule has 2 amide bonds. The Bertz CT molecular complexity index is 649. The standard InChI is InChI=1S/C20H29N3O3/c1-16-6-3-4-7-17(16)19(24)22-10-5-9-21(12-13-22)18-8-11-23(20(18)25)14-15-26-2/h3-4,6-7,18H,5,8-15H2,1-2H3/t18-/m0/s1.